The third-order valence-electron chi connectivity index (χ3n) is 13.2. The highest BCUT2D eigenvalue weighted by Gasteiger charge is 2.47. The van der Waals surface area contributed by atoms with Crippen LogP contribution in [0.4, 0.5) is 0 Å². The Morgan fingerprint density at radius 2 is 0.890 bits per heavy atom. The molecule has 2 fully saturated rings. The highest BCUT2D eigenvalue weighted by molar-refractivity contribution is 5.69. The Morgan fingerprint density at radius 1 is 0.466 bits per heavy atom. The van der Waals surface area contributed by atoms with E-state index in [0.29, 0.717) is 13.0 Å². The fraction of sp³-hybridized carbons (Fsp3) is 0.780. The van der Waals surface area contributed by atoms with Crippen LogP contribution in [0.1, 0.15) is 194 Å². The molecule has 0 saturated carbocycles. The molecule has 14 heteroatoms. The first-order valence-electron chi connectivity index (χ1n) is 28.5. The minimum Gasteiger partial charge on any atom is -0.457 e. The summed E-state index contributed by atoms with van der Waals surface area (Å²) in [5.74, 6) is -0.407. The minimum atomic E-state index is -1.72. The van der Waals surface area contributed by atoms with Crippen LogP contribution in [-0.4, -0.2) is 142 Å². The van der Waals surface area contributed by atoms with Crippen molar-refractivity contribution in [2.24, 2.45) is 0 Å². The summed E-state index contributed by atoms with van der Waals surface area (Å²) in [5, 5.41) is 72.2. The van der Waals surface area contributed by atoms with Gasteiger partial charge >= 0.3 is 5.97 Å². The van der Waals surface area contributed by atoms with Gasteiger partial charge in [0.25, 0.3) is 0 Å². The number of carbonyl (C=O) groups is 1. The first-order chi connectivity index (χ1) is 35.6. The number of hydrogen-bond acceptors (Lipinski definition) is 14. The van der Waals surface area contributed by atoms with Crippen molar-refractivity contribution in [3.8, 4) is 0 Å². The summed E-state index contributed by atoms with van der Waals surface area (Å²) in [5.41, 5.74) is 0. The van der Waals surface area contributed by atoms with E-state index in [2.05, 4.69) is 86.8 Å². The molecular formula is C59H102O14. The van der Waals surface area contributed by atoms with Gasteiger partial charge in [0.15, 0.2) is 12.6 Å². The maximum Gasteiger partial charge on any atom is 0.306 e. The number of hydrogen-bond donors (Lipinski definition) is 7. The van der Waals surface area contributed by atoms with E-state index in [-0.39, 0.29) is 19.6 Å². The lowest BCUT2D eigenvalue weighted by Crippen LogP contribution is -2.61. The number of rotatable bonds is 45. The molecule has 2 heterocycles. The Bertz CT molecular complexity index is 1480. The van der Waals surface area contributed by atoms with Gasteiger partial charge < -0.3 is 64.2 Å². The molecule has 0 aromatic rings. The van der Waals surface area contributed by atoms with Crippen molar-refractivity contribution < 1.29 is 69.0 Å². The predicted molar refractivity (Wildman–Crippen MR) is 289 cm³/mol. The molecule has 2 aliphatic rings. The summed E-state index contributed by atoms with van der Waals surface area (Å²) in [6.45, 7) is 3.51. The molecule has 7 N–H and O–H groups in total. The molecule has 422 valence electrons. The van der Waals surface area contributed by atoms with E-state index in [4.69, 9.17) is 28.4 Å². The van der Waals surface area contributed by atoms with Crippen LogP contribution in [-0.2, 0) is 33.2 Å². The first-order valence-corrected chi connectivity index (χ1v) is 28.5. The van der Waals surface area contributed by atoms with Gasteiger partial charge in [0.2, 0.25) is 0 Å². The number of esters is 1. The minimum absolute atomic E-state index is 0.0442. The quantitative estimate of drug-likeness (QED) is 0.0172. The number of carbonyl (C=O) groups excluding carboxylic acids is 1. The van der Waals surface area contributed by atoms with Gasteiger partial charge in [-0.3, -0.25) is 4.79 Å². The lowest BCUT2D eigenvalue weighted by Gasteiger charge is -2.42. The SMILES string of the molecule is CC/C=C\C/C=C\C/C=C\CCCCCC(=O)OC(COCCCCCCCCCCCCC/C=C\C/C=C\C/C=C\CCCCCCC)COC1OC(COC2OC(CO)C(O)C(O)C2O)C(O)C(O)C1O. The zero-order valence-corrected chi connectivity index (χ0v) is 45.1. The molecule has 14 nitrogen and oxygen atoms in total. The molecule has 0 radical (unpaired) electrons. The molecule has 11 atom stereocenters. The van der Waals surface area contributed by atoms with Gasteiger partial charge in [-0.25, -0.2) is 0 Å². The number of aliphatic hydroxyl groups excluding tert-OH is 7. The van der Waals surface area contributed by atoms with Crippen molar-refractivity contribution in [2.45, 2.75) is 261 Å². The Hall–Kier alpha value is -2.57. The average Bonchev–Trinajstić information content (AvgIpc) is 3.39. The van der Waals surface area contributed by atoms with Crippen molar-refractivity contribution in [1.29, 1.82) is 0 Å². The smallest absolute Gasteiger partial charge is 0.306 e. The van der Waals surface area contributed by atoms with E-state index < -0.39 is 86.7 Å². The van der Waals surface area contributed by atoms with Crippen molar-refractivity contribution in [3.05, 3.63) is 72.9 Å². The first kappa shape index (κ1) is 66.5. The molecule has 0 amide bonds. The van der Waals surface area contributed by atoms with E-state index in [1.807, 2.05) is 0 Å². The third-order valence-corrected chi connectivity index (χ3v) is 13.2. The second-order valence-corrected chi connectivity index (χ2v) is 19.7. The van der Waals surface area contributed by atoms with Crippen LogP contribution >= 0.6 is 0 Å². The molecule has 2 aliphatic heterocycles. The van der Waals surface area contributed by atoms with Crippen LogP contribution < -0.4 is 0 Å². The van der Waals surface area contributed by atoms with Crippen LogP contribution in [0.2, 0.25) is 0 Å². The maximum absolute atomic E-state index is 13.0. The van der Waals surface area contributed by atoms with Gasteiger partial charge in [0, 0.05) is 13.0 Å². The Kier molecular flexibility index (Phi) is 41.6. The van der Waals surface area contributed by atoms with Crippen LogP contribution in [0.15, 0.2) is 72.9 Å². The predicted octanol–water partition coefficient (Wildman–Crippen LogP) is 9.86. The molecule has 73 heavy (non-hydrogen) atoms. The van der Waals surface area contributed by atoms with Crippen LogP contribution in [0, 0.1) is 0 Å². The zero-order chi connectivity index (χ0) is 53.0. The van der Waals surface area contributed by atoms with E-state index in [1.54, 1.807) is 0 Å². The topological polar surface area (TPSA) is 214 Å². The van der Waals surface area contributed by atoms with E-state index in [0.717, 1.165) is 70.6 Å². The molecule has 0 aromatic carbocycles. The largest absolute Gasteiger partial charge is 0.457 e. The van der Waals surface area contributed by atoms with E-state index in [1.165, 1.54) is 96.3 Å². The Morgan fingerprint density at radius 3 is 1.40 bits per heavy atom. The summed E-state index contributed by atoms with van der Waals surface area (Å²) in [4.78, 5) is 13.0. The summed E-state index contributed by atoms with van der Waals surface area (Å²) in [7, 11) is 0. The molecule has 0 aromatic heterocycles. The van der Waals surface area contributed by atoms with Gasteiger partial charge in [0.05, 0.1) is 26.4 Å². The molecule has 2 saturated heterocycles. The lowest BCUT2D eigenvalue weighted by molar-refractivity contribution is -0.332. The zero-order valence-electron chi connectivity index (χ0n) is 45.1. The number of aliphatic hydroxyl groups is 7. The van der Waals surface area contributed by atoms with Gasteiger partial charge in [-0.15, -0.1) is 0 Å². The van der Waals surface area contributed by atoms with Crippen LogP contribution in [0.25, 0.3) is 0 Å². The molecule has 11 unspecified atom stereocenters. The highest BCUT2D eigenvalue weighted by atomic mass is 16.7. The van der Waals surface area contributed by atoms with E-state index >= 15 is 0 Å². The normalized spacial score (nSPS) is 25.5. The van der Waals surface area contributed by atoms with Gasteiger partial charge in [0.1, 0.15) is 54.9 Å². The summed E-state index contributed by atoms with van der Waals surface area (Å²) in [6, 6.07) is 0. The molecule has 2 rings (SSSR count). The Labute approximate surface area is 440 Å². The monoisotopic (exact) mass is 1030 g/mol. The Balaban J connectivity index is 1.69. The van der Waals surface area contributed by atoms with Gasteiger partial charge in [-0.1, -0.05) is 177 Å². The van der Waals surface area contributed by atoms with Crippen molar-refractivity contribution in [1.82, 2.24) is 0 Å². The third kappa shape index (κ3) is 32.6. The second kappa shape index (κ2) is 45.6. The number of allylic oxidation sites excluding steroid dienone is 12. The molecule has 0 aliphatic carbocycles. The second-order valence-electron chi connectivity index (χ2n) is 19.7. The van der Waals surface area contributed by atoms with Gasteiger partial charge in [-0.2, -0.15) is 0 Å². The average molecular weight is 1040 g/mol. The van der Waals surface area contributed by atoms with Crippen molar-refractivity contribution in [3.63, 3.8) is 0 Å². The summed E-state index contributed by atoms with van der Waals surface area (Å²) < 4.78 is 34.3. The van der Waals surface area contributed by atoms with Crippen molar-refractivity contribution >= 4 is 5.97 Å². The fourth-order valence-corrected chi connectivity index (χ4v) is 8.60. The molecular weight excluding hydrogens is 933 g/mol. The fourth-order valence-electron chi connectivity index (χ4n) is 8.60. The summed E-state index contributed by atoms with van der Waals surface area (Å²) in [6.07, 6.45) is 41.2. The molecule has 0 spiro atoms. The maximum atomic E-state index is 13.0. The highest BCUT2D eigenvalue weighted by Crippen LogP contribution is 2.26. The number of unbranched alkanes of at least 4 members (excludes halogenated alkanes) is 19. The van der Waals surface area contributed by atoms with Crippen molar-refractivity contribution in [2.75, 3.05) is 33.0 Å². The molecule has 0 bridgehead atoms. The van der Waals surface area contributed by atoms with E-state index in [9.17, 15) is 40.5 Å². The lowest BCUT2D eigenvalue weighted by atomic mass is 9.98. The van der Waals surface area contributed by atoms with Crippen LogP contribution in [0.5, 0.6) is 0 Å². The standard InChI is InChI=1S/C59H102O14/c1-3-5-7-9-11-13-15-17-18-19-20-21-22-23-24-25-26-27-28-29-31-33-35-37-39-41-43-68-45-48(71-51(61)42-40-38-36-34-32-30-16-14-12-10-8-6-4-2)46-69-58-57(67)55(65)53(63)50(73-58)47-70-59-56(66)54(64)52(62)49(44-60)72-59/h6,8,12,14-15,17,19-20,22-23,30,32,48-50,52-60,62-67H,3-5,7,9-11,13,16,18,21,24-29,31,33-47H2,1-2H3/b8-6-,14-12-,17-15-,20-19-,23-22-,32-30-. The number of ether oxygens (including phenoxy) is 6. The van der Waals surface area contributed by atoms with Crippen LogP contribution in [0.3, 0.4) is 0 Å². The summed E-state index contributed by atoms with van der Waals surface area (Å²) >= 11 is 0. The van der Waals surface area contributed by atoms with Gasteiger partial charge in [-0.05, 0) is 83.5 Å².